The van der Waals surface area contributed by atoms with E-state index in [1.165, 1.54) is 6.92 Å². The predicted octanol–water partition coefficient (Wildman–Crippen LogP) is 1.64. The maximum Gasteiger partial charge on any atom is 0.431 e. The summed E-state index contributed by atoms with van der Waals surface area (Å²) in [6.45, 7) is 1.31. The molecule has 0 bridgehead atoms. The van der Waals surface area contributed by atoms with Gasteiger partial charge in [0.25, 0.3) is 5.56 Å². The van der Waals surface area contributed by atoms with Crippen molar-refractivity contribution < 1.29 is 18.3 Å². The van der Waals surface area contributed by atoms with E-state index in [9.17, 15) is 18.0 Å². The molecule has 0 radical (unpaired) electrons. The molecule has 0 aliphatic rings. The Hall–Kier alpha value is -1.30. The minimum absolute atomic E-state index is 0.104. The number of nitrogens with zero attached hydrogens (tertiary/aromatic N) is 1. The van der Waals surface area contributed by atoms with Crippen molar-refractivity contribution in [1.82, 2.24) is 4.57 Å². The smallest absolute Gasteiger partial charge is 0.393 e. The molecule has 0 spiro atoms. The van der Waals surface area contributed by atoms with Gasteiger partial charge in [0, 0.05) is 12.6 Å². The summed E-state index contributed by atoms with van der Waals surface area (Å²) < 4.78 is 38.2. The summed E-state index contributed by atoms with van der Waals surface area (Å²) >= 11 is 0. The molecule has 0 amide bonds. The number of aromatic nitrogens is 1. The van der Waals surface area contributed by atoms with Gasteiger partial charge in [-0.05, 0) is 19.4 Å². The summed E-state index contributed by atoms with van der Waals surface area (Å²) in [5.74, 6) is 0. The van der Waals surface area contributed by atoms with Gasteiger partial charge in [-0.25, -0.2) is 0 Å². The fourth-order valence-corrected chi connectivity index (χ4v) is 1.31. The standard InChI is InChI=1S/C10H12F3NO2/c1-7(15)5-6-14-8(10(11,12)13)3-2-4-9(14)16/h2-4,7,15H,5-6H2,1H3. The van der Waals surface area contributed by atoms with Crippen LogP contribution in [0, 0.1) is 0 Å². The van der Waals surface area contributed by atoms with E-state index >= 15 is 0 Å². The maximum absolute atomic E-state index is 12.5. The Kier molecular flexibility index (Phi) is 3.74. The molecule has 0 aliphatic heterocycles. The van der Waals surface area contributed by atoms with Crippen molar-refractivity contribution in [3.63, 3.8) is 0 Å². The number of hydrogen-bond donors (Lipinski definition) is 1. The van der Waals surface area contributed by atoms with Crippen LogP contribution in [0.15, 0.2) is 23.0 Å². The Morgan fingerprint density at radius 1 is 1.44 bits per heavy atom. The first-order valence-electron chi connectivity index (χ1n) is 4.77. The average Bonchev–Trinajstić information content (AvgIpc) is 2.13. The van der Waals surface area contributed by atoms with Crippen LogP contribution in [0.4, 0.5) is 13.2 Å². The first-order chi connectivity index (χ1) is 7.32. The second-order valence-electron chi connectivity index (χ2n) is 3.54. The molecule has 1 aromatic heterocycles. The number of aliphatic hydroxyl groups excluding tert-OH is 1. The average molecular weight is 235 g/mol. The lowest BCUT2D eigenvalue weighted by atomic mass is 10.2. The van der Waals surface area contributed by atoms with E-state index < -0.39 is 23.5 Å². The number of pyridine rings is 1. The second kappa shape index (κ2) is 4.69. The van der Waals surface area contributed by atoms with Gasteiger partial charge in [0.2, 0.25) is 0 Å². The SMILES string of the molecule is CC(O)CCn1c(C(F)(F)F)cccc1=O. The van der Waals surface area contributed by atoms with Gasteiger partial charge >= 0.3 is 6.18 Å². The predicted molar refractivity (Wildman–Crippen MR) is 52.0 cm³/mol. The topological polar surface area (TPSA) is 42.2 Å². The normalized spacial score (nSPS) is 13.8. The second-order valence-corrected chi connectivity index (χ2v) is 3.54. The third-order valence-electron chi connectivity index (χ3n) is 2.11. The molecule has 0 aromatic carbocycles. The van der Waals surface area contributed by atoms with Crippen molar-refractivity contribution in [2.75, 3.05) is 0 Å². The first-order valence-corrected chi connectivity index (χ1v) is 4.77. The number of halogens is 3. The highest BCUT2D eigenvalue weighted by molar-refractivity contribution is 5.10. The summed E-state index contributed by atoms with van der Waals surface area (Å²) in [7, 11) is 0. The van der Waals surface area contributed by atoms with Gasteiger partial charge in [-0.2, -0.15) is 13.2 Å². The third kappa shape index (κ3) is 3.10. The summed E-state index contributed by atoms with van der Waals surface area (Å²) in [5.41, 5.74) is -1.70. The fraction of sp³-hybridized carbons (Fsp3) is 0.500. The molecule has 6 heteroatoms. The molecule has 1 unspecified atom stereocenters. The van der Waals surface area contributed by atoms with E-state index in [0.717, 1.165) is 18.2 Å². The van der Waals surface area contributed by atoms with Crippen LogP contribution in [0.2, 0.25) is 0 Å². The van der Waals surface area contributed by atoms with Crippen molar-refractivity contribution in [2.24, 2.45) is 0 Å². The monoisotopic (exact) mass is 235 g/mol. The quantitative estimate of drug-likeness (QED) is 0.865. The minimum Gasteiger partial charge on any atom is -0.393 e. The van der Waals surface area contributed by atoms with Crippen LogP contribution in [0.1, 0.15) is 19.0 Å². The number of aliphatic hydroxyl groups is 1. The molecule has 16 heavy (non-hydrogen) atoms. The summed E-state index contributed by atoms with van der Waals surface area (Å²) in [4.78, 5) is 11.3. The van der Waals surface area contributed by atoms with Crippen molar-refractivity contribution in [3.05, 3.63) is 34.2 Å². The van der Waals surface area contributed by atoms with Crippen LogP contribution in [0.3, 0.4) is 0 Å². The Bertz CT molecular complexity index is 409. The van der Waals surface area contributed by atoms with E-state index in [4.69, 9.17) is 5.11 Å². The fourth-order valence-electron chi connectivity index (χ4n) is 1.31. The third-order valence-corrected chi connectivity index (χ3v) is 2.11. The van der Waals surface area contributed by atoms with E-state index in [0.29, 0.717) is 4.57 Å². The lowest BCUT2D eigenvalue weighted by Crippen LogP contribution is -2.28. The molecule has 0 aliphatic carbocycles. The lowest BCUT2D eigenvalue weighted by Gasteiger charge is -2.15. The van der Waals surface area contributed by atoms with Crippen molar-refractivity contribution in [3.8, 4) is 0 Å². The van der Waals surface area contributed by atoms with Crippen molar-refractivity contribution >= 4 is 0 Å². The summed E-state index contributed by atoms with van der Waals surface area (Å²) in [6, 6.07) is 2.99. The van der Waals surface area contributed by atoms with Gasteiger partial charge in [0.05, 0.1) is 6.10 Å². The zero-order chi connectivity index (χ0) is 12.3. The van der Waals surface area contributed by atoms with Crippen LogP contribution in [-0.2, 0) is 12.7 Å². The number of rotatable bonds is 3. The first kappa shape index (κ1) is 12.8. The number of hydrogen-bond acceptors (Lipinski definition) is 2. The van der Waals surface area contributed by atoms with Gasteiger partial charge in [-0.3, -0.25) is 4.79 Å². The van der Waals surface area contributed by atoms with Crippen LogP contribution >= 0.6 is 0 Å². The van der Waals surface area contributed by atoms with Gasteiger partial charge < -0.3 is 9.67 Å². The maximum atomic E-state index is 12.5. The van der Waals surface area contributed by atoms with Crippen LogP contribution in [0.25, 0.3) is 0 Å². The van der Waals surface area contributed by atoms with Crippen LogP contribution < -0.4 is 5.56 Å². The lowest BCUT2D eigenvalue weighted by molar-refractivity contribution is -0.144. The van der Waals surface area contributed by atoms with E-state index in [1.807, 2.05) is 0 Å². The highest BCUT2D eigenvalue weighted by Gasteiger charge is 2.33. The Morgan fingerprint density at radius 2 is 2.06 bits per heavy atom. The molecule has 0 saturated carbocycles. The Morgan fingerprint density at radius 3 is 2.56 bits per heavy atom. The molecular formula is C10H12F3NO2. The Labute approximate surface area is 90.1 Å². The minimum atomic E-state index is -4.56. The van der Waals surface area contributed by atoms with E-state index in [1.54, 1.807) is 0 Å². The molecule has 90 valence electrons. The summed E-state index contributed by atoms with van der Waals surface area (Å²) in [5, 5.41) is 9.00. The summed E-state index contributed by atoms with van der Waals surface area (Å²) in [6.07, 6.45) is -5.19. The van der Waals surface area contributed by atoms with Gasteiger partial charge in [0.15, 0.2) is 0 Å². The van der Waals surface area contributed by atoms with Crippen molar-refractivity contribution in [1.29, 1.82) is 0 Å². The molecule has 3 nitrogen and oxygen atoms in total. The molecule has 1 atom stereocenters. The molecule has 1 heterocycles. The van der Waals surface area contributed by atoms with E-state index in [2.05, 4.69) is 0 Å². The molecule has 1 rings (SSSR count). The Balaban J connectivity index is 3.10. The van der Waals surface area contributed by atoms with Crippen LogP contribution in [-0.4, -0.2) is 15.8 Å². The van der Waals surface area contributed by atoms with Gasteiger partial charge in [-0.1, -0.05) is 6.07 Å². The van der Waals surface area contributed by atoms with E-state index in [-0.39, 0.29) is 13.0 Å². The zero-order valence-corrected chi connectivity index (χ0v) is 8.66. The molecule has 1 aromatic rings. The zero-order valence-electron chi connectivity index (χ0n) is 8.66. The van der Waals surface area contributed by atoms with Gasteiger partial charge in [0.1, 0.15) is 5.69 Å². The molecule has 1 N–H and O–H groups in total. The number of alkyl halides is 3. The van der Waals surface area contributed by atoms with Crippen molar-refractivity contribution in [2.45, 2.75) is 32.2 Å². The molecular weight excluding hydrogens is 223 g/mol. The van der Waals surface area contributed by atoms with Crippen LogP contribution in [0.5, 0.6) is 0 Å². The van der Waals surface area contributed by atoms with Gasteiger partial charge in [-0.15, -0.1) is 0 Å². The highest BCUT2D eigenvalue weighted by Crippen LogP contribution is 2.28. The molecule has 0 fully saturated rings. The highest BCUT2D eigenvalue weighted by atomic mass is 19.4. The molecule has 0 saturated heterocycles. The largest absolute Gasteiger partial charge is 0.431 e.